The second kappa shape index (κ2) is 12.6. The topological polar surface area (TPSA) is 217 Å². The molecule has 4 aliphatic carbocycles. The summed E-state index contributed by atoms with van der Waals surface area (Å²) in [5.74, 6) is -10.6. The van der Waals surface area contributed by atoms with Crippen LogP contribution in [0.5, 0.6) is 0 Å². The summed E-state index contributed by atoms with van der Waals surface area (Å²) in [6.07, 6.45) is -4.95. The monoisotopic (exact) mass is 746 g/mol. The molecule has 16 nitrogen and oxygen atoms in total. The maximum atomic E-state index is 13.9. The van der Waals surface area contributed by atoms with Gasteiger partial charge in [-0.2, -0.15) is 0 Å². The van der Waals surface area contributed by atoms with E-state index in [1.54, 1.807) is 26.8 Å². The van der Waals surface area contributed by atoms with Gasteiger partial charge in [-0.1, -0.05) is 20.8 Å². The van der Waals surface area contributed by atoms with Crippen molar-refractivity contribution in [2.24, 2.45) is 39.9 Å². The molecule has 2 heterocycles. The van der Waals surface area contributed by atoms with Crippen LogP contribution in [0.4, 0.5) is 0 Å². The number of ether oxygens (including phenoxy) is 7. The lowest BCUT2D eigenvalue weighted by Gasteiger charge is -2.73. The average molecular weight is 747 g/mol. The molecule has 290 valence electrons. The van der Waals surface area contributed by atoms with Gasteiger partial charge in [0.1, 0.15) is 35.6 Å². The zero-order chi connectivity index (χ0) is 39.2. The van der Waals surface area contributed by atoms with Crippen molar-refractivity contribution < 1.29 is 76.2 Å². The molecule has 2 bridgehead atoms. The standard InChI is InChI=1S/C37H46O16/c1-16(38)48-24-12-23-35(8)28(27(32(44)46-9)49-17(2)39)33(6)15-36(35,53-20(5)42)26(30(33)50-18(3)40)31(51-19(4)41)37(23,45)22-13-25(43)52-29(34(22,24)7)21-10-11-47-14-21/h10-11,14,22-24,26-31,45H,12-13,15H2,1-9H3/t22-,23-,24+,26+,27+,28+,29+,30-,31-,33-,34+,35-,36+,37+/m1/s1. The summed E-state index contributed by atoms with van der Waals surface area (Å²) >= 11 is 0. The van der Waals surface area contributed by atoms with Crippen LogP contribution in [0, 0.1) is 39.9 Å². The van der Waals surface area contributed by atoms with Crippen LogP contribution in [0.15, 0.2) is 23.0 Å². The molecule has 4 saturated carbocycles. The molecule has 1 saturated heterocycles. The van der Waals surface area contributed by atoms with Crippen molar-refractivity contribution in [3.8, 4) is 0 Å². The van der Waals surface area contributed by atoms with Gasteiger partial charge in [0.2, 0.25) is 6.10 Å². The first-order chi connectivity index (χ1) is 24.6. The fraction of sp³-hybridized carbons (Fsp3) is 0.703. The second-order valence-electron chi connectivity index (χ2n) is 15.9. The van der Waals surface area contributed by atoms with E-state index in [1.807, 2.05) is 0 Å². The molecule has 16 heteroatoms. The number of hydrogen-bond acceptors (Lipinski definition) is 16. The maximum Gasteiger partial charge on any atom is 0.347 e. The van der Waals surface area contributed by atoms with E-state index >= 15 is 0 Å². The number of esters is 7. The minimum absolute atomic E-state index is 0.109. The van der Waals surface area contributed by atoms with Crippen LogP contribution in [0.2, 0.25) is 0 Å². The lowest BCUT2D eigenvalue weighted by molar-refractivity contribution is -0.369. The third-order valence-corrected chi connectivity index (χ3v) is 13.2. The fourth-order valence-electron chi connectivity index (χ4n) is 12.0. The van der Waals surface area contributed by atoms with Gasteiger partial charge in [-0.05, 0) is 18.9 Å². The molecule has 14 atom stereocenters. The van der Waals surface area contributed by atoms with Gasteiger partial charge < -0.3 is 42.7 Å². The zero-order valence-electron chi connectivity index (χ0n) is 31.1. The summed E-state index contributed by atoms with van der Waals surface area (Å²) < 4.78 is 46.9. The summed E-state index contributed by atoms with van der Waals surface area (Å²) in [6, 6.07) is 1.57. The Kier molecular flexibility index (Phi) is 9.06. The van der Waals surface area contributed by atoms with Gasteiger partial charge in [0.25, 0.3) is 0 Å². The molecule has 1 aromatic rings. The Morgan fingerprint density at radius 2 is 1.49 bits per heavy atom. The summed E-state index contributed by atoms with van der Waals surface area (Å²) in [6.45, 7) is 10.8. The highest BCUT2D eigenvalue weighted by Crippen LogP contribution is 2.82. The van der Waals surface area contributed by atoms with Crippen LogP contribution in [0.25, 0.3) is 0 Å². The van der Waals surface area contributed by atoms with E-state index < -0.39 is 130 Å². The van der Waals surface area contributed by atoms with E-state index in [0.29, 0.717) is 5.56 Å². The van der Waals surface area contributed by atoms with Crippen LogP contribution in [0.3, 0.4) is 0 Å². The Hall–Kier alpha value is -4.47. The Morgan fingerprint density at radius 1 is 0.868 bits per heavy atom. The number of carbonyl (C=O) groups excluding carboxylic acids is 7. The van der Waals surface area contributed by atoms with Gasteiger partial charge in [0.05, 0.1) is 37.4 Å². The van der Waals surface area contributed by atoms with Gasteiger partial charge in [0.15, 0.2) is 0 Å². The van der Waals surface area contributed by atoms with E-state index in [2.05, 4.69) is 0 Å². The van der Waals surface area contributed by atoms with Crippen molar-refractivity contribution in [1.29, 1.82) is 0 Å². The third kappa shape index (κ3) is 5.13. The molecule has 1 aliphatic heterocycles. The lowest BCUT2D eigenvalue weighted by Crippen LogP contribution is -2.83. The van der Waals surface area contributed by atoms with Crippen LogP contribution >= 0.6 is 0 Å². The number of cyclic esters (lactones) is 1. The molecule has 0 amide bonds. The first kappa shape index (κ1) is 38.3. The minimum atomic E-state index is -2.28. The highest BCUT2D eigenvalue weighted by Gasteiger charge is 2.92. The number of rotatable bonds is 8. The molecule has 1 aromatic heterocycles. The van der Waals surface area contributed by atoms with Crippen molar-refractivity contribution >= 4 is 41.8 Å². The van der Waals surface area contributed by atoms with Crippen molar-refractivity contribution in [2.45, 2.75) is 116 Å². The zero-order valence-corrected chi connectivity index (χ0v) is 31.1. The second-order valence-corrected chi connectivity index (χ2v) is 15.9. The number of methoxy groups -OCH3 is 1. The van der Waals surface area contributed by atoms with E-state index in [0.717, 1.165) is 27.9 Å². The number of furan rings is 1. The number of hydrogen-bond donors (Lipinski definition) is 1. The smallest absolute Gasteiger partial charge is 0.347 e. The third-order valence-electron chi connectivity index (χ3n) is 13.2. The first-order valence-corrected chi connectivity index (χ1v) is 17.5. The Balaban J connectivity index is 1.73. The van der Waals surface area contributed by atoms with Crippen molar-refractivity contribution in [2.75, 3.05) is 7.11 Å². The molecule has 0 spiro atoms. The van der Waals surface area contributed by atoms with Crippen molar-refractivity contribution in [3.05, 3.63) is 24.2 Å². The van der Waals surface area contributed by atoms with E-state index in [-0.39, 0.29) is 12.8 Å². The van der Waals surface area contributed by atoms with E-state index in [1.165, 1.54) is 26.4 Å². The summed E-state index contributed by atoms with van der Waals surface area (Å²) in [4.78, 5) is 92.5. The normalized spacial score (nSPS) is 42.5. The van der Waals surface area contributed by atoms with Crippen LogP contribution < -0.4 is 0 Å². The van der Waals surface area contributed by atoms with Gasteiger partial charge in [-0.3, -0.25) is 28.8 Å². The molecule has 1 N–H and O–H groups in total. The molecule has 0 unspecified atom stereocenters. The summed E-state index contributed by atoms with van der Waals surface area (Å²) in [5, 5.41) is 13.9. The van der Waals surface area contributed by atoms with Gasteiger partial charge in [0, 0.05) is 68.8 Å². The summed E-state index contributed by atoms with van der Waals surface area (Å²) in [5.41, 5.74) is -8.10. The Morgan fingerprint density at radius 3 is 2.02 bits per heavy atom. The Bertz CT molecular complexity index is 1740. The molecule has 0 radical (unpaired) electrons. The van der Waals surface area contributed by atoms with Gasteiger partial charge in [-0.25, -0.2) is 4.79 Å². The van der Waals surface area contributed by atoms with Crippen molar-refractivity contribution in [1.82, 2.24) is 0 Å². The van der Waals surface area contributed by atoms with Gasteiger partial charge in [-0.15, -0.1) is 0 Å². The number of fused-ring (bicyclic) bond motifs is 5. The van der Waals surface area contributed by atoms with Gasteiger partial charge >= 0.3 is 41.8 Å². The lowest BCUT2D eigenvalue weighted by atomic mass is 9.35. The van der Waals surface area contributed by atoms with E-state index in [4.69, 9.17) is 37.6 Å². The van der Waals surface area contributed by atoms with Crippen LogP contribution in [-0.2, 0) is 66.7 Å². The Labute approximate surface area is 305 Å². The molecule has 0 aromatic carbocycles. The predicted molar refractivity (Wildman–Crippen MR) is 173 cm³/mol. The molecule has 53 heavy (non-hydrogen) atoms. The SMILES string of the molecule is COC(=O)[C@@H](OC(C)=O)[C@H]1[C@@]2(C)C[C@]3(OC(C)=O)[C@@H]([C@H]2OC(C)=O)[C@@H](OC(C)=O)[C@]2(O)[C@@H]4CC(=O)O[C@@H](c5ccoc5)[C@]4(C)[C@@H](OC(C)=O)C[C@@H]2[C@]13C. The molecular weight excluding hydrogens is 700 g/mol. The predicted octanol–water partition coefficient (Wildman–Crippen LogP) is 2.52. The number of carbonyl (C=O) groups is 7. The summed E-state index contributed by atoms with van der Waals surface area (Å²) in [7, 11) is 1.10. The molecule has 5 aliphatic rings. The minimum Gasteiger partial charge on any atom is -0.472 e. The van der Waals surface area contributed by atoms with Crippen LogP contribution in [0.1, 0.15) is 86.3 Å². The highest BCUT2D eigenvalue weighted by atomic mass is 16.6. The quantitative estimate of drug-likeness (QED) is 0.299. The molecule has 6 rings (SSSR count). The fourth-order valence-corrected chi connectivity index (χ4v) is 12.0. The molecule has 5 fully saturated rings. The van der Waals surface area contributed by atoms with Crippen LogP contribution in [-0.4, -0.2) is 89.6 Å². The number of aliphatic hydroxyl groups is 1. The first-order valence-electron chi connectivity index (χ1n) is 17.5. The largest absolute Gasteiger partial charge is 0.472 e. The average Bonchev–Trinajstić information content (AvgIpc) is 3.70. The van der Waals surface area contributed by atoms with E-state index in [9.17, 15) is 38.7 Å². The highest BCUT2D eigenvalue weighted by molar-refractivity contribution is 5.80. The maximum absolute atomic E-state index is 13.9. The molecular formula is C37H46O16. The van der Waals surface area contributed by atoms with Crippen molar-refractivity contribution in [3.63, 3.8) is 0 Å².